The average molecular weight is 529 g/mol. The van der Waals surface area contributed by atoms with Crippen LogP contribution in [0.25, 0.3) is 0 Å². The number of sulfonamides is 1. The summed E-state index contributed by atoms with van der Waals surface area (Å²) in [6.45, 7) is 2.24. The number of benzene rings is 2. The van der Waals surface area contributed by atoms with Gasteiger partial charge in [0.05, 0.1) is 11.3 Å². The number of piperazine rings is 1. The van der Waals surface area contributed by atoms with Crippen LogP contribution in [0.4, 0.5) is 20.9 Å². The second-order valence-electron chi connectivity index (χ2n) is 8.48. The number of carbonyl (C=O) groups excluding carboxylic acids is 2. The number of fused-ring (bicyclic) bond motifs is 1. The number of carbonyl (C=O) groups is 2. The summed E-state index contributed by atoms with van der Waals surface area (Å²) in [6, 6.07) is 9.95. The Hall–Kier alpha value is -3.64. The number of nitrogens with one attached hydrogen (secondary N) is 1. The van der Waals surface area contributed by atoms with Gasteiger partial charge in [0.1, 0.15) is 12.4 Å². The molecule has 0 saturated carbocycles. The number of halogens is 1. The summed E-state index contributed by atoms with van der Waals surface area (Å²) in [6.07, 6.45) is 3.99. The van der Waals surface area contributed by atoms with Gasteiger partial charge in [-0.3, -0.25) is 14.3 Å². The lowest BCUT2D eigenvalue weighted by molar-refractivity contribution is -0.460. The van der Waals surface area contributed by atoms with Crippen molar-refractivity contribution < 1.29 is 27.0 Å². The van der Waals surface area contributed by atoms with Crippen LogP contribution >= 0.6 is 11.3 Å². The van der Waals surface area contributed by atoms with Crippen molar-refractivity contribution in [2.75, 3.05) is 29.3 Å². The van der Waals surface area contributed by atoms with Gasteiger partial charge in [-0.05, 0) is 36.4 Å². The molecule has 3 aromatic rings. The van der Waals surface area contributed by atoms with Crippen molar-refractivity contribution in [2.45, 2.75) is 24.3 Å². The summed E-state index contributed by atoms with van der Waals surface area (Å²) < 4.78 is 43.0. The maximum Gasteiger partial charge on any atom is 0.291 e. The molecule has 186 valence electrons. The fourth-order valence-corrected chi connectivity index (χ4v) is 6.17. The molecule has 2 aliphatic rings. The van der Waals surface area contributed by atoms with Crippen LogP contribution in [0.2, 0.25) is 0 Å². The molecule has 1 aromatic heterocycles. The lowest BCUT2D eigenvalue weighted by atomic mass is 10.1. The first-order valence-corrected chi connectivity index (χ1v) is 13.6. The van der Waals surface area contributed by atoms with E-state index < -0.39 is 16.1 Å². The molecular formula is C24H23FN5O4S2+. The molecule has 1 fully saturated rings. The Kier molecular flexibility index (Phi) is 6.31. The van der Waals surface area contributed by atoms with Crippen LogP contribution in [0.1, 0.15) is 12.5 Å². The van der Waals surface area contributed by atoms with E-state index in [0.717, 1.165) is 5.56 Å². The van der Waals surface area contributed by atoms with Gasteiger partial charge in [0.2, 0.25) is 17.6 Å². The largest absolute Gasteiger partial charge is 0.326 e. The van der Waals surface area contributed by atoms with Gasteiger partial charge in [0.15, 0.2) is 11.3 Å². The Balaban J connectivity index is 1.24. The van der Waals surface area contributed by atoms with E-state index in [4.69, 9.17) is 0 Å². The number of hydrogen-bond acceptors (Lipinski definition) is 6. The SMILES string of the molecule is CC(C(=O)N1CCN(c2ccc(S(=O)(=O)Nc3nccs3)cc2)C(=O)C1)[N+]1=CCc2ccc(F)cc21. The summed E-state index contributed by atoms with van der Waals surface area (Å²) in [7, 11) is -3.80. The molecule has 0 aliphatic carbocycles. The van der Waals surface area contributed by atoms with Crippen LogP contribution in [-0.2, 0) is 26.0 Å². The zero-order chi connectivity index (χ0) is 25.4. The molecule has 1 saturated heterocycles. The fourth-order valence-electron chi connectivity index (χ4n) is 4.38. The number of thiazole rings is 1. The first-order chi connectivity index (χ1) is 17.2. The Morgan fingerprint density at radius 1 is 1.19 bits per heavy atom. The Labute approximate surface area is 211 Å². The molecule has 36 heavy (non-hydrogen) atoms. The molecule has 2 aromatic carbocycles. The van der Waals surface area contributed by atoms with E-state index in [1.807, 2.05) is 6.21 Å². The van der Waals surface area contributed by atoms with Crippen molar-refractivity contribution in [3.05, 3.63) is 65.4 Å². The molecule has 1 N–H and O–H groups in total. The fraction of sp³-hybridized carbons (Fsp3) is 0.250. The van der Waals surface area contributed by atoms with E-state index in [1.165, 1.54) is 51.6 Å². The Morgan fingerprint density at radius 2 is 1.97 bits per heavy atom. The second-order valence-corrected chi connectivity index (χ2v) is 11.1. The number of rotatable bonds is 6. The van der Waals surface area contributed by atoms with Gasteiger partial charge in [0.25, 0.3) is 15.9 Å². The third-order valence-electron chi connectivity index (χ3n) is 6.25. The quantitative estimate of drug-likeness (QED) is 0.496. The number of hydrogen-bond donors (Lipinski definition) is 1. The number of amides is 2. The van der Waals surface area contributed by atoms with Crippen LogP contribution in [0.3, 0.4) is 0 Å². The van der Waals surface area contributed by atoms with Crippen molar-refractivity contribution in [1.82, 2.24) is 9.88 Å². The summed E-state index contributed by atoms with van der Waals surface area (Å²) in [5, 5.41) is 1.93. The highest BCUT2D eigenvalue weighted by atomic mass is 32.2. The first-order valence-electron chi connectivity index (χ1n) is 11.2. The lowest BCUT2D eigenvalue weighted by Gasteiger charge is -2.34. The van der Waals surface area contributed by atoms with Crippen molar-refractivity contribution in [3.8, 4) is 0 Å². The second kappa shape index (κ2) is 9.43. The van der Waals surface area contributed by atoms with Gasteiger partial charge in [-0.25, -0.2) is 17.8 Å². The molecule has 0 bridgehead atoms. The minimum atomic E-state index is -3.80. The molecule has 12 heteroatoms. The number of aromatic nitrogens is 1. The normalized spacial score (nSPS) is 16.5. The van der Waals surface area contributed by atoms with Gasteiger partial charge in [0, 0.05) is 48.9 Å². The maximum absolute atomic E-state index is 13.8. The average Bonchev–Trinajstić information content (AvgIpc) is 3.52. The van der Waals surface area contributed by atoms with E-state index in [9.17, 15) is 22.4 Å². The molecule has 5 rings (SSSR count). The van der Waals surface area contributed by atoms with Crippen molar-refractivity contribution in [3.63, 3.8) is 0 Å². The van der Waals surface area contributed by atoms with E-state index in [-0.39, 0.29) is 40.7 Å². The van der Waals surface area contributed by atoms with Crippen molar-refractivity contribution in [1.29, 1.82) is 0 Å². The summed E-state index contributed by atoms with van der Waals surface area (Å²) in [5.41, 5.74) is 2.16. The van der Waals surface area contributed by atoms with Crippen LogP contribution in [0.15, 0.2) is 58.9 Å². The molecule has 1 atom stereocenters. The smallest absolute Gasteiger partial charge is 0.291 e. The van der Waals surface area contributed by atoms with Crippen LogP contribution in [-0.4, -0.2) is 66.6 Å². The van der Waals surface area contributed by atoms with Crippen LogP contribution in [0, 0.1) is 5.82 Å². The predicted octanol–water partition coefficient (Wildman–Crippen LogP) is 2.62. The highest BCUT2D eigenvalue weighted by molar-refractivity contribution is 7.93. The molecule has 2 aliphatic heterocycles. The molecule has 2 amide bonds. The first kappa shape index (κ1) is 24.1. The number of anilines is 2. The molecule has 3 heterocycles. The topological polar surface area (TPSA) is 103 Å². The Bertz CT molecular complexity index is 1460. The van der Waals surface area contributed by atoms with Crippen molar-refractivity contribution in [2.24, 2.45) is 0 Å². The van der Waals surface area contributed by atoms with Gasteiger partial charge in [-0.2, -0.15) is 4.58 Å². The Morgan fingerprint density at radius 3 is 2.67 bits per heavy atom. The van der Waals surface area contributed by atoms with E-state index >= 15 is 0 Å². The standard InChI is InChI=1S/C24H23FN5O4S2/c1-16(29-10-8-17-2-3-18(25)14-21(17)29)23(32)28-11-12-30(22(31)15-28)19-4-6-20(7-5-19)36(33,34)27-24-26-9-13-35-24/h2-7,9-10,13-14,16H,8,11-12,15H2,1H3,(H,26,27)/q+1. The zero-order valence-corrected chi connectivity index (χ0v) is 20.9. The zero-order valence-electron chi connectivity index (χ0n) is 19.3. The third kappa shape index (κ3) is 4.61. The van der Waals surface area contributed by atoms with E-state index in [0.29, 0.717) is 24.3 Å². The monoisotopic (exact) mass is 528 g/mol. The summed E-state index contributed by atoms with van der Waals surface area (Å²) >= 11 is 1.17. The number of nitrogens with zero attached hydrogens (tertiary/aromatic N) is 4. The third-order valence-corrected chi connectivity index (χ3v) is 8.43. The van der Waals surface area contributed by atoms with Crippen LogP contribution < -0.4 is 9.62 Å². The minimum Gasteiger partial charge on any atom is -0.326 e. The highest BCUT2D eigenvalue weighted by Gasteiger charge is 2.37. The molecular weight excluding hydrogens is 505 g/mol. The highest BCUT2D eigenvalue weighted by Crippen LogP contribution is 2.28. The summed E-state index contributed by atoms with van der Waals surface area (Å²) in [4.78, 5) is 33.1. The predicted molar refractivity (Wildman–Crippen MR) is 134 cm³/mol. The van der Waals surface area contributed by atoms with E-state index in [1.54, 1.807) is 35.1 Å². The minimum absolute atomic E-state index is 0.0510. The maximum atomic E-state index is 13.8. The molecule has 0 radical (unpaired) electrons. The van der Waals surface area contributed by atoms with Crippen LogP contribution in [0.5, 0.6) is 0 Å². The van der Waals surface area contributed by atoms with Crippen molar-refractivity contribution >= 4 is 55.9 Å². The van der Waals surface area contributed by atoms with Gasteiger partial charge >= 0.3 is 0 Å². The molecule has 9 nitrogen and oxygen atoms in total. The summed E-state index contributed by atoms with van der Waals surface area (Å²) in [5.74, 6) is -0.850. The van der Waals surface area contributed by atoms with E-state index in [2.05, 4.69) is 9.71 Å². The molecule has 1 unspecified atom stereocenters. The molecule has 0 spiro atoms. The van der Waals surface area contributed by atoms with Gasteiger partial charge < -0.3 is 9.80 Å². The van der Waals surface area contributed by atoms with Gasteiger partial charge in [-0.15, -0.1) is 11.3 Å². The van der Waals surface area contributed by atoms with Gasteiger partial charge in [-0.1, -0.05) is 0 Å². The lowest BCUT2D eigenvalue weighted by Crippen LogP contribution is -2.55.